The van der Waals surface area contributed by atoms with E-state index in [1.165, 1.54) is 0 Å². The second-order valence-electron chi connectivity index (χ2n) is 4.96. The molecule has 1 aromatic heterocycles. The predicted octanol–water partition coefficient (Wildman–Crippen LogP) is 1.91. The van der Waals surface area contributed by atoms with Crippen molar-refractivity contribution in [3.05, 3.63) is 40.7 Å². The molecule has 24 heavy (non-hydrogen) atoms. The number of benzene rings is 1. The van der Waals surface area contributed by atoms with E-state index in [1.54, 1.807) is 24.3 Å². The third-order valence-electron chi connectivity index (χ3n) is 2.90. The Kier molecular flexibility index (Phi) is 6.16. The lowest BCUT2D eigenvalue weighted by atomic mass is 10.2. The van der Waals surface area contributed by atoms with Crippen molar-refractivity contribution in [1.82, 2.24) is 20.8 Å². The maximum Gasteiger partial charge on any atom is 0.335 e. The summed E-state index contributed by atoms with van der Waals surface area (Å²) >= 11 is 5.84. The van der Waals surface area contributed by atoms with E-state index < -0.39 is 21.1 Å². The molecule has 8 nitrogen and oxygen atoms in total. The van der Waals surface area contributed by atoms with Gasteiger partial charge >= 0.3 is 11.3 Å². The van der Waals surface area contributed by atoms with Crippen LogP contribution in [0, 0.1) is 0 Å². The van der Waals surface area contributed by atoms with Gasteiger partial charge in [-0.05, 0) is 24.1 Å². The summed E-state index contributed by atoms with van der Waals surface area (Å²) in [4.78, 5) is 11.4. The second-order valence-corrected chi connectivity index (χ2v) is 7.26. The Labute approximate surface area is 144 Å². The largest absolute Gasteiger partial charge is 0.411 e. The van der Waals surface area contributed by atoms with Crippen LogP contribution in [0.1, 0.15) is 24.8 Å². The lowest BCUT2D eigenvalue weighted by Crippen LogP contribution is -2.35. The number of nitrogens with zero attached hydrogens (tertiary/aromatic N) is 2. The Morgan fingerprint density at radius 1 is 1.29 bits per heavy atom. The smallest absolute Gasteiger partial charge is 0.335 e. The molecule has 0 bridgehead atoms. The summed E-state index contributed by atoms with van der Waals surface area (Å²) in [6.07, 6.45) is 0.805. The fourth-order valence-corrected chi connectivity index (χ4v) is 3.14. The molecule has 0 unspecified atom stereocenters. The van der Waals surface area contributed by atoms with Gasteiger partial charge in [0.2, 0.25) is 15.7 Å². The van der Waals surface area contributed by atoms with E-state index in [0.29, 0.717) is 17.1 Å². The standard InChI is InChI=1S/C14H17ClN4O4S/c1-2-6-16-13(20)17-8-12-18-19-14(23-12)24(21,22)9-10-4-3-5-11(15)7-10/h3-5,7H,2,6,8-9H2,1H3,(H2,16,17,20). The van der Waals surface area contributed by atoms with Crippen LogP contribution in [-0.4, -0.2) is 31.2 Å². The molecule has 2 amide bonds. The van der Waals surface area contributed by atoms with Crippen LogP contribution in [0.15, 0.2) is 33.9 Å². The predicted molar refractivity (Wildman–Crippen MR) is 87.2 cm³/mol. The minimum atomic E-state index is -3.79. The van der Waals surface area contributed by atoms with E-state index in [1.807, 2.05) is 6.92 Å². The number of carbonyl (C=O) groups is 1. The van der Waals surface area contributed by atoms with Crippen molar-refractivity contribution in [3.8, 4) is 0 Å². The van der Waals surface area contributed by atoms with E-state index >= 15 is 0 Å². The summed E-state index contributed by atoms with van der Waals surface area (Å²) in [7, 11) is -3.79. The molecule has 0 spiro atoms. The first-order chi connectivity index (χ1) is 11.4. The normalized spacial score (nSPS) is 11.2. The first-order valence-electron chi connectivity index (χ1n) is 7.22. The molecule has 0 fully saturated rings. The highest BCUT2D eigenvalue weighted by Gasteiger charge is 2.23. The van der Waals surface area contributed by atoms with Gasteiger partial charge in [0.25, 0.3) is 0 Å². The van der Waals surface area contributed by atoms with Gasteiger partial charge in [0.05, 0.1) is 12.3 Å². The molecule has 0 radical (unpaired) electrons. The molecule has 2 N–H and O–H groups in total. The number of amides is 2. The van der Waals surface area contributed by atoms with Crippen molar-refractivity contribution in [2.75, 3.05) is 6.54 Å². The van der Waals surface area contributed by atoms with Crippen molar-refractivity contribution >= 4 is 27.5 Å². The van der Waals surface area contributed by atoms with Gasteiger partial charge in [-0.2, -0.15) is 0 Å². The van der Waals surface area contributed by atoms with E-state index in [0.717, 1.165) is 6.42 Å². The number of carbonyl (C=O) groups excluding carboxylic acids is 1. The van der Waals surface area contributed by atoms with Crippen LogP contribution in [0.5, 0.6) is 0 Å². The topological polar surface area (TPSA) is 114 Å². The number of halogens is 1. The fourth-order valence-electron chi connectivity index (χ4n) is 1.80. The fraction of sp³-hybridized carbons (Fsp3) is 0.357. The maximum atomic E-state index is 12.3. The van der Waals surface area contributed by atoms with Crippen LogP contribution in [0.3, 0.4) is 0 Å². The SMILES string of the molecule is CCCNC(=O)NCc1nnc(S(=O)(=O)Cc2cccc(Cl)c2)o1. The van der Waals surface area contributed by atoms with Crippen molar-refractivity contribution in [1.29, 1.82) is 0 Å². The first kappa shape index (κ1) is 18.2. The van der Waals surface area contributed by atoms with Crippen molar-refractivity contribution in [2.45, 2.75) is 30.9 Å². The number of rotatable bonds is 7. The Bertz CT molecular complexity index is 807. The van der Waals surface area contributed by atoms with E-state index in [-0.39, 0.29) is 18.2 Å². The molecular formula is C14H17ClN4O4S. The van der Waals surface area contributed by atoms with Crippen LogP contribution in [0.2, 0.25) is 5.02 Å². The summed E-state index contributed by atoms with van der Waals surface area (Å²) in [5, 5.41) is 12.2. The molecule has 0 aliphatic heterocycles. The molecule has 0 aliphatic carbocycles. The van der Waals surface area contributed by atoms with Gasteiger partial charge in [-0.3, -0.25) is 0 Å². The van der Waals surface area contributed by atoms with Crippen LogP contribution < -0.4 is 10.6 Å². The molecule has 2 rings (SSSR count). The molecule has 130 valence electrons. The summed E-state index contributed by atoms with van der Waals surface area (Å²) < 4.78 is 29.7. The zero-order chi connectivity index (χ0) is 17.6. The van der Waals surface area contributed by atoms with E-state index in [2.05, 4.69) is 20.8 Å². The monoisotopic (exact) mass is 372 g/mol. The lowest BCUT2D eigenvalue weighted by Gasteiger charge is -2.03. The molecule has 0 saturated carbocycles. The van der Waals surface area contributed by atoms with Crippen LogP contribution in [-0.2, 0) is 22.1 Å². The summed E-state index contributed by atoms with van der Waals surface area (Å²) in [5.41, 5.74) is 0.513. The Morgan fingerprint density at radius 3 is 2.79 bits per heavy atom. The molecule has 0 saturated heterocycles. The highest BCUT2D eigenvalue weighted by atomic mass is 35.5. The minimum Gasteiger partial charge on any atom is -0.411 e. The summed E-state index contributed by atoms with van der Waals surface area (Å²) in [5.74, 6) is -0.300. The third kappa shape index (κ3) is 5.20. The van der Waals surface area contributed by atoms with Gasteiger partial charge in [0.15, 0.2) is 0 Å². The molecule has 10 heteroatoms. The average molecular weight is 373 g/mol. The third-order valence-corrected chi connectivity index (χ3v) is 4.54. The summed E-state index contributed by atoms with van der Waals surface area (Å²) in [6, 6.07) is 6.11. The number of urea groups is 1. The zero-order valence-electron chi connectivity index (χ0n) is 13.0. The quantitative estimate of drug-likeness (QED) is 0.767. The molecular weight excluding hydrogens is 356 g/mol. The van der Waals surface area contributed by atoms with Crippen molar-refractivity contribution in [3.63, 3.8) is 0 Å². The van der Waals surface area contributed by atoms with Crippen LogP contribution in [0.4, 0.5) is 4.79 Å². The highest BCUT2D eigenvalue weighted by molar-refractivity contribution is 7.90. The molecule has 0 atom stereocenters. The van der Waals surface area contributed by atoms with E-state index in [9.17, 15) is 13.2 Å². The van der Waals surface area contributed by atoms with Gasteiger partial charge in [-0.25, -0.2) is 13.2 Å². The number of hydrogen-bond acceptors (Lipinski definition) is 6. The minimum absolute atomic E-state index is 0.00585. The number of nitrogens with one attached hydrogen (secondary N) is 2. The number of hydrogen-bond donors (Lipinski definition) is 2. The zero-order valence-corrected chi connectivity index (χ0v) is 14.5. The van der Waals surface area contributed by atoms with Gasteiger partial charge in [0.1, 0.15) is 0 Å². The Hall–Kier alpha value is -2.13. The van der Waals surface area contributed by atoms with Crippen LogP contribution >= 0.6 is 11.6 Å². The highest BCUT2D eigenvalue weighted by Crippen LogP contribution is 2.18. The van der Waals surface area contributed by atoms with Gasteiger partial charge in [-0.1, -0.05) is 35.8 Å². The average Bonchev–Trinajstić information content (AvgIpc) is 3.00. The Morgan fingerprint density at radius 2 is 2.08 bits per heavy atom. The molecule has 0 aliphatic rings. The molecule has 1 heterocycles. The van der Waals surface area contributed by atoms with Gasteiger partial charge in [-0.15, -0.1) is 5.10 Å². The van der Waals surface area contributed by atoms with Crippen LogP contribution in [0.25, 0.3) is 0 Å². The number of sulfone groups is 1. The van der Waals surface area contributed by atoms with Crippen molar-refractivity contribution in [2.24, 2.45) is 0 Å². The first-order valence-corrected chi connectivity index (χ1v) is 9.25. The Balaban J connectivity index is 1.99. The molecule has 2 aromatic rings. The lowest BCUT2D eigenvalue weighted by molar-refractivity contribution is 0.239. The van der Waals surface area contributed by atoms with Gasteiger partial charge in [0, 0.05) is 11.6 Å². The van der Waals surface area contributed by atoms with Crippen molar-refractivity contribution < 1.29 is 17.6 Å². The molecule has 1 aromatic carbocycles. The van der Waals surface area contributed by atoms with Gasteiger partial charge < -0.3 is 15.1 Å². The number of aromatic nitrogens is 2. The second kappa shape index (κ2) is 8.11. The summed E-state index contributed by atoms with van der Waals surface area (Å²) in [6.45, 7) is 2.40. The van der Waals surface area contributed by atoms with E-state index in [4.69, 9.17) is 16.0 Å². The maximum absolute atomic E-state index is 12.3.